The molecule has 2 aromatic heterocycles. The van der Waals surface area contributed by atoms with Gasteiger partial charge in [-0.3, -0.25) is 4.98 Å². The van der Waals surface area contributed by atoms with Crippen molar-refractivity contribution in [3.8, 4) is 0 Å². The third-order valence-electron chi connectivity index (χ3n) is 2.69. The molecule has 0 aromatic carbocycles. The Labute approximate surface area is 119 Å². The van der Waals surface area contributed by atoms with E-state index in [9.17, 15) is 0 Å². The Morgan fingerprint density at radius 3 is 2.60 bits per heavy atom. The van der Waals surface area contributed by atoms with Crippen molar-refractivity contribution in [3.05, 3.63) is 30.4 Å². The van der Waals surface area contributed by atoms with Crippen LogP contribution < -0.4 is 10.6 Å². The lowest BCUT2D eigenvalue weighted by atomic mass is 9.97. The quantitative estimate of drug-likeness (QED) is 0.789. The van der Waals surface area contributed by atoms with E-state index < -0.39 is 0 Å². The third kappa shape index (κ3) is 4.22. The van der Waals surface area contributed by atoms with Gasteiger partial charge in [0.1, 0.15) is 0 Å². The van der Waals surface area contributed by atoms with Crippen molar-refractivity contribution in [2.24, 2.45) is 0 Å². The first-order valence-corrected chi connectivity index (χ1v) is 6.77. The molecule has 0 spiro atoms. The molecule has 0 bridgehead atoms. The van der Waals surface area contributed by atoms with Gasteiger partial charge in [-0.2, -0.15) is 0 Å². The lowest BCUT2D eigenvalue weighted by molar-refractivity contribution is 0.399. The lowest BCUT2D eigenvalue weighted by Crippen LogP contribution is -2.11. The molecule has 0 radical (unpaired) electrons. The number of aromatic nitrogens is 3. The second kappa shape index (κ2) is 6.36. The Morgan fingerprint density at radius 2 is 1.95 bits per heavy atom. The van der Waals surface area contributed by atoms with Crippen molar-refractivity contribution in [2.75, 3.05) is 23.7 Å². The molecule has 0 amide bonds. The maximum Gasteiger partial charge on any atom is 0.315 e. The van der Waals surface area contributed by atoms with Gasteiger partial charge in [0.2, 0.25) is 5.89 Å². The normalized spacial score (nSPS) is 11.3. The van der Waals surface area contributed by atoms with Gasteiger partial charge < -0.3 is 15.1 Å². The van der Waals surface area contributed by atoms with Crippen LogP contribution in [0.2, 0.25) is 0 Å². The van der Waals surface area contributed by atoms with E-state index in [0.717, 1.165) is 25.2 Å². The van der Waals surface area contributed by atoms with Crippen LogP contribution in [0.25, 0.3) is 0 Å². The molecule has 0 saturated heterocycles. The van der Waals surface area contributed by atoms with E-state index in [-0.39, 0.29) is 5.41 Å². The smallest absolute Gasteiger partial charge is 0.315 e. The van der Waals surface area contributed by atoms with E-state index in [1.807, 2.05) is 32.9 Å². The van der Waals surface area contributed by atoms with Gasteiger partial charge in [-0.15, -0.1) is 5.10 Å². The van der Waals surface area contributed by atoms with Crippen molar-refractivity contribution >= 4 is 11.7 Å². The first-order valence-electron chi connectivity index (χ1n) is 6.77. The zero-order valence-electron chi connectivity index (χ0n) is 12.2. The van der Waals surface area contributed by atoms with Crippen LogP contribution in [0.1, 0.15) is 33.1 Å². The maximum atomic E-state index is 5.55. The summed E-state index contributed by atoms with van der Waals surface area (Å²) in [6, 6.07) is 4.39. The van der Waals surface area contributed by atoms with Crippen molar-refractivity contribution in [1.82, 2.24) is 15.2 Å². The second-order valence-corrected chi connectivity index (χ2v) is 5.61. The van der Waals surface area contributed by atoms with Crippen LogP contribution in [0.15, 0.2) is 28.9 Å². The van der Waals surface area contributed by atoms with Crippen LogP contribution in [0.3, 0.4) is 0 Å². The summed E-state index contributed by atoms with van der Waals surface area (Å²) in [4.78, 5) is 4.05. The van der Waals surface area contributed by atoms with E-state index >= 15 is 0 Å². The molecule has 0 saturated carbocycles. The zero-order valence-corrected chi connectivity index (χ0v) is 12.2. The van der Waals surface area contributed by atoms with E-state index in [1.54, 1.807) is 12.4 Å². The molecule has 6 heteroatoms. The van der Waals surface area contributed by atoms with Crippen LogP contribution >= 0.6 is 0 Å². The number of anilines is 2. The molecule has 6 nitrogen and oxygen atoms in total. The molecule has 0 aliphatic carbocycles. The summed E-state index contributed by atoms with van der Waals surface area (Å²) in [6.45, 7) is 7.77. The van der Waals surface area contributed by atoms with Crippen molar-refractivity contribution in [2.45, 2.75) is 32.6 Å². The second-order valence-electron chi connectivity index (χ2n) is 5.61. The Kier molecular flexibility index (Phi) is 4.55. The van der Waals surface area contributed by atoms with Gasteiger partial charge in [-0.1, -0.05) is 25.9 Å². The molecule has 0 fully saturated rings. The highest BCUT2D eigenvalue weighted by Crippen LogP contribution is 2.21. The number of pyridine rings is 1. The van der Waals surface area contributed by atoms with Gasteiger partial charge in [0.15, 0.2) is 0 Å². The highest BCUT2D eigenvalue weighted by atomic mass is 16.4. The molecule has 2 heterocycles. The van der Waals surface area contributed by atoms with Crippen LogP contribution in [-0.2, 0) is 5.41 Å². The van der Waals surface area contributed by atoms with E-state index in [1.165, 1.54) is 0 Å². The summed E-state index contributed by atoms with van der Waals surface area (Å²) in [7, 11) is 0. The van der Waals surface area contributed by atoms with E-state index in [2.05, 4.69) is 25.8 Å². The highest BCUT2D eigenvalue weighted by molar-refractivity contribution is 5.39. The lowest BCUT2D eigenvalue weighted by Gasteiger charge is -2.11. The average molecular weight is 275 g/mol. The fourth-order valence-corrected chi connectivity index (χ4v) is 1.58. The maximum absolute atomic E-state index is 5.55. The number of nitrogens with one attached hydrogen (secondary N) is 2. The number of hydrogen-bond donors (Lipinski definition) is 2. The monoisotopic (exact) mass is 275 g/mol. The summed E-state index contributed by atoms with van der Waals surface area (Å²) >= 11 is 0. The predicted molar refractivity (Wildman–Crippen MR) is 78.8 cm³/mol. The third-order valence-corrected chi connectivity index (χ3v) is 2.69. The van der Waals surface area contributed by atoms with Gasteiger partial charge in [0.05, 0.1) is 5.69 Å². The zero-order chi connectivity index (χ0) is 14.4. The van der Waals surface area contributed by atoms with Gasteiger partial charge in [0.25, 0.3) is 0 Å². The predicted octanol–water partition coefficient (Wildman–Crippen LogP) is 2.68. The Bertz CT molecular complexity index is 518. The van der Waals surface area contributed by atoms with Crippen LogP contribution in [0, 0.1) is 0 Å². The van der Waals surface area contributed by atoms with Crippen molar-refractivity contribution in [1.29, 1.82) is 0 Å². The average Bonchev–Trinajstić information content (AvgIpc) is 2.88. The summed E-state index contributed by atoms with van der Waals surface area (Å²) in [6.07, 6.45) is 4.51. The fourth-order valence-electron chi connectivity index (χ4n) is 1.58. The number of nitrogens with zero attached hydrogens (tertiary/aromatic N) is 3. The summed E-state index contributed by atoms with van der Waals surface area (Å²) in [5.74, 6) is 0.647. The van der Waals surface area contributed by atoms with Crippen molar-refractivity contribution < 1.29 is 4.42 Å². The topological polar surface area (TPSA) is 75.9 Å². The largest absolute Gasteiger partial charge is 0.408 e. The number of rotatable bonds is 6. The van der Waals surface area contributed by atoms with Crippen LogP contribution in [-0.4, -0.2) is 28.3 Å². The molecular formula is C14H21N5O. The molecule has 0 aliphatic heterocycles. The molecule has 20 heavy (non-hydrogen) atoms. The van der Waals surface area contributed by atoms with E-state index in [0.29, 0.717) is 11.9 Å². The first-order chi connectivity index (χ1) is 9.55. The standard InChI is InChI=1S/C14H21N5O/c1-14(2,3)12-18-19-13(20-12)17-9-5-8-16-11-6-4-7-15-10-11/h4,6-7,10,16H,5,8-9H2,1-3H3,(H,17,19). The minimum absolute atomic E-state index is 0.116. The fraction of sp³-hybridized carbons (Fsp3) is 0.500. The summed E-state index contributed by atoms with van der Waals surface area (Å²) in [5.41, 5.74) is 0.912. The van der Waals surface area contributed by atoms with E-state index in [4.69, 9.17) is 4.42 Å². The Balaban J connectivity index is 1.67. The summed E-state index contributed by atoms with van der Waals surface area (Å²) < 4.78 is 5.55. The Hall–Kier alpha value is -2.11. The van der Waals surface area contributed by atoms with Crippen LogP contribution in [0.4, 0.5) is 11.7 Å². The first kappa shape index (κ1) is 14.3. The molecule has 0 atom stereocenters. The van der Waals surface area contributed by atoms with Crippen LogP contribution in [0.5, 0.6) is 0 Å². The summed E-state index contributed by atoms with van der Waals surface area (Å²) in [5, 5.41) is 14.4. The van der Waals surface area contributed by atoms with Crippen molar-refractivity contribution in [3.63, 3.8) is 0 Å². The SMILES string of the molecule is CC(C)(C)c1nnc(NCCCNc2cccnc2)o1. The minimum Gasteiger partial charge on any atom is -0.408 e. The Morgan fingerprint density at radius 1 is 1.15 bits per heavy atom. The number of hydrogen-bond acceptors (Lipinski definition) is 6. The van der Waals surface area contributed by atoms with Gasteiger partial charge in [-0.25, -0.2) is 0 Å². The molecule has 2 aromatic rings. The molecule has 2 N–H and O–H groups in total. The molecule has 0 unspecified atom stereocenters. The molecule has 108 valence electrons. The minimum atomic E-state index is -0.116. The van der Waals surface area contributed by atoms with Gasteiger partial charge in [-0.05, 0) is 18.6 Å². The molecule has 2 rings (SSSR count). The molecule has 0 aliphatic rings. The van der Waals surface area contributed by atoms with Gasteiger partial charge in [0, 0.05) is 30.9 Å². The highest BCUT2D eigenvalue weighted by Gasteiger charge is 2.21. The molecular weight excluding hydrogens is 254 g/mol. The van der Waals surface area contributed by atoms with Gasteiger partial charge >= 0.3 is 6.01 Å².